The summed E-state index contributed by atoms with van der Waals surface area (Å²) in [7, 11) is 2.06. The predicted octanol–water partition coefficient (Wildman–Crippen LogP) is 3.93. The van der Waals surface area contributed by atoms with Crippen LogP contribution in [0.2, 0.25) is 0 Å². The van der Waals surface area contributed by atoms with Crippen molar-refractivity contribution in [2.24, 2.45) is 0 Å². The number of likely N-dealkylation sites (N-methyl/N-ethyl adjacent to an activating group) is 1. The molecule has 8 nitrogen and oxygen atoms in total. The van der Waals surface area contributed by atoms with Gasteiger partial charge in [-0.3, -0.25) is 0 Å². The summed E-state index contributed by atoms with van der Waals surface area (Å²) >= 11 is 0. The van der Waals surface area contributed by atoms with Crippen molar-refractivity contribution in [2.75, 3.05) is 74.5 Å². The SMILES string of the molecule is Cc1cc(N2CCN(C)CC2)nc(N2CCN(C(=O)Nc3cc(C(F)(F)F)cc(C(F)(F)F)c3)CC2)n1. The summed E-state index contributed by atoms with van der Waals surface area (Å²) < 4.78 is 78.7. The van der Waals surface area contributed by atoms with E-state index in [1.165, 1.54) is 4.90 Å². The highest BCUT2D eigenvalue weighted by Gasteiger charge is 2.37. The molecule has 1 aromatic heterocycles. The Morgan fingerprint density at radius 3 is 1.86 bits per heavy atom. The van der Waals surface area contributed by atoms with Crippen molar-refractivity contribution in [3.05, 3.63) is 41.1 Å². The van der Waals surface area contributed by atoms with Gasteiger partial charge in [-0.05, 0) is 32.2 Å². The highest BCUT2D eigenvalue weighted by Crippen LogP contribution is 2.37. The van der Waals surface area contributed by atoms with Gasteiger partial charge in [0.05, 0.1) is 11.1 Å². The maximum absolute atomic E-state index is 13.1. The molecule has 0 bridgehead atoms. The Morgan fingerprint density at radius 2 is 1.32 bits per heavy atom. The molecule has 0 atom stereocenters. The van der Waals surface area contributed by atoms with Crippen LogP contribution in [0.4, 0.5) is 48.6 Å². The number of benzene rings is 1. The third kappa shape index (κ3) is 6.53. The fourth-order valence-corrected chi connectivity index (χ4v) is 4.21. The first-order valence-corrected chi connectivity index (χ1v) is 11.7. The van der Waals surface area contributed by atoms with E-state index in [1.807, 2.05) is 17.9 Å². The van der Waals surface area contributed by atoms with E-state index in [1.54, 1.807) is 0 Å². The van der Waals surface area contributed by atoms with E-state index in [4.69, 9.17) is 4.98 Å². The van der Waals surface area contributed by atoms with Crippen molar-refractivity contribution in [1.29, 1.82) is 0 Å². The monoisotopic (exact) mass is 531 g/mol. The summed E-state index contributed by atoms with van der Waals surface area (Å²) in [5.41, 5.74) is -2.76. The number of hydrogen-bond acceptors (Lipinski definition) is 6. The molecule has 14 heteroatoms. The molecule has 0 radical (unpaired) electrons. The maximum atomic E-state index is 13.1. The smallest absolute Gasteiger partial charge is 0.354 e. The molecule has 2 aliphatic heterocycles. The summed E-state index contributed by atoms with van der Waals surface area (Å²) in [5, 5.41) is 2.18. The van der Waals surface area contributed by atoms with Crippen LogP contribution in [0.25, 0.3) is 0 Å². The number of alkyl halides is 6. The van der Waals surface area contributed by atoms with E-state index in [0.717, 1.165) is 37.7 Å². The van der Waals surface area contributed by atoms with Gasteiger partial charge in [-0.2, -0.15) is 31.3 Å². The molecule has 4 rings (SSSR count). The van der Waals surface area contributed by atoms with Crippen LogP contribution in [0.15, 0.2) is 24.3 Å². The normalized spacial score (nSPS) is 17.8. The van der Waals surface area contributed by atoms with Gasteiger partial charge in [-0.15, -0.1) is 0 Å². The lowest BCUT2D eigenvalue weighted by atomic mass is 10.1. The molecular formula is C23H27F6N7O. The second kappa shape index (κ2) is 10.2. The van der Waals surface area contributed by atoms with Gasteiger partial charge in [0.15, 0.2) is 0 Å². The average molecular weight is 532 g/mol. The third-order valence-corrected chi connectivity index (χ3v) is 6.34. The molecule has 0 saturated carbocycles. The molecule has 0 spiro atoms. The van der Waals surface area contributed by atoms with Gasteiger partial charge >= 0.3 is 18.4 Å². The quantitative estimate of drug-likeness (QED) is 0.606. The fourth-order valence-electron chi connectivity index (χ4n) is 4.21. The van der Waals surface area contributed by atoms with Gasteiger partial charge in [0.25, 0.3) is 0 Å². The number of amides is 2. The number of nitrogens with one attached hydrogen (secondary N) is 1. The highest BCUT2D eigenvalue weighted by atomic mass is 19.4. The summed E-state index contributed by atoms with van der Waals surface area (Å²) in [4.78, 5) is 29.5. The van der Waals surface area contributed by atoms with Gasteiger partial charge in [0.1, 0.15) is 5.82 Å². The first kappa shape index (κ1) is 26.8. The van der Waals surface area contributed by atoms with Crippen molar-refractivity contribution in [3.8, 4) is 0 Å². The topological polar surface area (TPSA) is 67.8 Å². The molecule has 2 saturated heterocycles. The number of aryl methyl sites for hydroxylation is 1. The van der Waals surface area contributed by atoms with Crippen LogP contribution < -0.4 is 15.1 Å². The largest absolute Gasteiger partial charge is 0.416 e. The molecule has 2 fully saturated rings. The molecule has 2 aromatic rings. The number of carbonyl (C=O) groups excluding carboxylic acids is 1. The Hall–Kier alpha value is -3.29. The lowest BCUT2D eigenvalue weighted by Gasteiger charge is -2.36. The van der Waals surface area contributed by atoms with Gasteiger partial charge in [0, 0.05) is 69.8 Å². The molecule has 37 heavy (non-hydrogen) atoms. The summed E-state index contributed by atoms with van der Waals surface area (Å²) in [6.07, 6.45) is -9.99. The van der Waals surface area contributed by atoms with Crippen molar-refractivity contribution in [3.63, 3.8) is 0 Å². The van der Waals surface area contributed by atoms with Crippen LogP contribution >= 0.6 is 0 Å². The zero-order valence-electron chi connectivity index (χ0n) is 20.3. The Labute approximate surface area is 209 Å². The number of carbonyl (C=O) groups is 1. The summed E-state index contributed by atoms with van der Waals surface area (Å²) in [6, 6.07) is 2.14. The minimum absolute atomic E-state index is 0.0205. The number of urea groups is 1. The predicted molar refractivity (Wildman–Crippen MR) is 126 cm³/mol. The minimum atomic E-state index is -5.00. The molecule has 3 heterocycles. The van der Waals surface area contributed by atoms with Crippen LogP contribution in [-0.4, -0.2) is 85.2 Å². The fraction of sp³-hybridized carbons (Fsp3) is 0.522. The third-order valence-electron chi connectivity index (χ3n) is 6.34. The summed E-state index contributed by atoms with van der Waals surface area (Å²) in [5.74, 6) is 1.34. The van der Waals surface area contributed by atoms with Crippen molar-refractivity contribution in [2.45, 2.75) is 19.3 Å². The number of hydrogen-bond donors (Lipinski definition) is 1. The second-order valence-corrected chi connectivity index (χ2v) is 9.16. The van der Waals surface area contributed by atoms with E-state index in [-0.39, 0.29) is 19.2 Å². The number of nitrogens with zero attached hydrogens (tertiary/aromatic N) is 6. The molecule has 1 N–H and O–H groups in total. The van der Waals surface area contributed by atoms with Crippen LogP contribution in [0.5, 0.6) is 0 Å². The first-order valence-electron chi connectivity index (χ1n) is 11.7. The number of rotatable bonds is 3. The van der Waals surface area contributed by atoms with Crippen LogP contribution in [0, 0.1) is 6.92 Å². The molecule has 1 aromatic carbocycles. The minimum Gasteiger partial charge on any atom is -0.354 e. The van der Waals surface area contributed by atoms with Crippen LogP contribution in [0.1, 0.15) is 16.8 Å². The Kier molecular flexibility index (Phi) is 7.40. The van der Waals surface area contributed by atoms with Crippen molar-refractivity contribution < 1.29 is 31.1 Å². The number of piperazine rings is 2. The first-order chi connectivity index (χ1) is 17.3. The van der Waals surface area contributed by atoms with E-state index in [9.17, 15) is 31.1 Å². The second-order valence-electron chi connectivity index (χ2n) is 9.16. The number of aromatic nitrogens is 2. The molecule has 0 unspecified atom stereocenters. The van der Waals surface area contributed by atoms with Gasteiger partial charge in [0.2, 0.25) is 5.95 Å². The van der Waals surface area contributed by atoms with Crippen molar-refractivity contribution in [1.82, 2.24) is 19.8 Å². The van der Waals surface area contributed by atoms with Crippen molar-refractivity contribution >= 4 is 23.5 Å². The summed E-state index contributed by atoms with van der Waals surface area (Å²) in [6.45, 7) is 6.49. The van der Waals surface area contributed by atoms with E-state index in [0.29, 0.717) is 31.2 Å². The Bertz CT molecular complexity index is 1090. The lowest BCUT2D eigenvalue weighted by Crippen LogP contribution is -2.50. The van der Waals surface area contributed by atoms with Gasteiger partial charge < -0.3 is 24.9 Å². The van der Waals surface area contributed by atoms with E-state index >= 15 is 0 Å². The van der Waals surface area contributed by atoms with Gasteiger partial charge in [-0.1, -0.05) is 0 Å². The zero-order valence-corrected chi connectivity index (χ0v) is 20.3. The molecular weight excluding hydrogens is 504 g/mol. The molecule has 2 amide bonds. The lowest BCUT2D eigenvalue weighted by molar-refractivity contribution is -0.143. The highest BCUT2D eigenvalue weighted by molar-refractivity contribution is 5.89. The van der Waals surface area contributed by atoms with Crippen LogP contribution in [-0.2, 0) is 12.4 Å². The maximum Gasteiger partial charge on any atom is 0.416 e. The Balaban J connectivity index is 1.42. The average Bonchev–Trinajstić information content (AvgIpc) is 2.83. The van der Waals surface area contributed by atoms with Gasteiger partial charge in [-0.25, -0.2) is 9.78 Å². The molecule has 0 aliphatic carbocycles. The molecule has 202 valence electrons. The van der Waals surface area contributed by atoms with E-state index < -0.39 is 35.2 Å². The zero-order chi connectivity index (χ0) is 27.0. The number of halogens is 6. The van der Waals surface area contributed by atoms with Crippen LogP contribution in [0.3, 0.4) is 0 Å². The number of anilines is 3. The van der Waals surface area contributed by atoms with E-state index in [2.05, 4.69) is 27.1 Å². The standard InChI is InChI=1S/C23H27F6N7O/c1-15-11-19(34-5-3-33(2)4-6-34)32-20(30-15)35-7-9-36(10-8-35)21(37)31-18-13-16(22(24,25)26)12-17(14-18)23(27,28)29/h11-14H,3-10H2,1-2H3,(H,31,37). The Morgan fingerprint density at radius 1 is 0.784 bits per heavy atom. The molecule has 2 aliphatic rings.